The highest BCUT2D eigenvalue weighted by molar-refractivity contribution is 5.49. The molecule has 1 aromatic heterocycles. The molecule has 0 fully saturated rings. The van der Waals surface area contributed by atoms with E-state index in [2.05, 4.69) is 17.2 Å². The van der Waals surface area contributed by atoms with E-state index in [4.69, 9.17) is 10.5 Å². The minimum Gasteiger partial charge on any atom is -0.496 e. The number of hydrogen-bond acceptors (Lipinski definition) is 4. The second kappa shape index (κ2) is 7.04. The molecule has 0 amide bonds. The van der Waals surface area contributed by atoms with Gasteiger partial charge in [0.15, 0.2) is 0 Å². The van der Waals surface area contributed by atoms with Gasteiger partial charge in [-0.05, 0) is 31.2 Å². The van der Waals surface area contributed by atoms with Gasteiger partial charge in [-0.25, -0.2) is 9.37 Å². The molecule has 1 aromatic carbocycles. The fourth-order valence-electron chi connectivity index (χ4n) is 2.31. The zero-order valence-corrected chi connectivity index (χ0v) is 12.3. The maximum Gasteiger partial charge on any atom is 0.132 e. The Labute approximate surface area is 124 Å². The Kier molecular flexibility index (Phi) is 5.11. The van der Waals surface area contributed by atoms with Gasteiger partial charge in [0.1, 0.15) is 17.4 Å². The van der Waals surface area contributed by atoms with Gasteiger partial charge in [0.05, 0.1) is 18.7 Å². The number of nitrogen functional groups attached to an aromatic ring is 1. The number of aromatic nitrogens is 1. The number of benzene rings is 1. The number of nitrogens with one attached hydrogen (secondary N) is 1. The third kappa shape index (κ3) is 3.31. The molecule has 0 radical (unpaired) electrons. The predicted molar refractivity (Wildman–Crippen MR) is 81.7 cm³/mol. The lowest BCUT2D eigenvalue weighted by Crippen LogP contribution is -2.25. The van der Waals surface area contributed by atoms with Gasteiger partial charge in [0, 0.05) is 11.8 Å². The van der Waals surface area contributed by atoms with E-state index in [1.807, 2.05) is 6.07 Å². The standard InChI is InChI=1S/C16H20FN3O/c1-3-9-19-15(11-6-5-10-20-16(11)18)14-12(17)7-4-8-13(14)21-2/h4-8,10,15,19H,3,9H2,1-2H3,(H2,18,20). The lowest BCUT2D eigenvalue weighted by molar-refractivity contribution is 0.396. The molecule has 0 spiro atoms. The summed E-state index contributed by atoms with van der Waals surface area (Å²) in [7, 11) is 1.53. The first-order chi connectivity index (χ1) is 10.2. The number of nitrogens with zero attached hydrogens (tertiary/aromatic N) is 1. The highest BCUT2D eigenvalue weighted by Crippen LogP contribution is 2.33. The van der Waals surface area contributed by atoms with Crippen molar-refractivity contribution in [2.24, 2.45) is 0 Å². The van der Waals surface area contributed by atoms with Crippen molar-refractivity contribution in [3.05, 3.63) is 53.5 Å². The first kappa shape index (κ1) is 15.3. The third-order valence-electron chi connectivity index (χ3n) is 3.30. The van der Waals surface area contributed by atoms with E-state index in [0.29, 0.717) is 17.1 Å². The molecule has 5 heteroatoms. The molecule has 112 valence electrons. The van der Waals surface area contributed by atoms with Gasteiger partial charge in [-0.2, -0.15) is 0 Å². The summed E-state index contributed by atoms with van der Waals surface area (Å²) in [6.45, 7) is 2.78. The van der Waals surface area contributed by atoms with E-state index in [1.165, 1.54) is 13.2 Å². The van der Waals surface area contributed by atoms with Gasteiger partial charge >= 0.3 is 0 Å². The number of ether oxygens (including phenoxy) is 1. The molecule has 21 heavy (non-hydrogen) atoms. The zero-order chi connectivity index (χ0) is 15.2. The molecule has 0 saturated heterocycles. The highest BCUT2D eigenvalue weighted by Gasteiger charge is 2.23. The van der Waals surface area contributed by atoms with E-state index in [9.17, 15) is 4.39 Å². The predicted octanol–water partition coefficient (Wildman–Crippen LogP) is 2.90. The molecular weight excluding hydrogens is 269 g/mol. The molecule has 3 N–H and O–H groups in total. The van der Waals surface area contributed by atoms with Gasteiger partial charge in [0.25, 0.3) is 0 Å². The molecule has 0 bridgehead atoms. The van der Waals surface area contributed by atoms with E-state index in [-0.39, 0.29) is 5.82 Å². The molecule has 0 aliphatic carbocycles. The van der Waals surface area contributed by atoms with Gasteiger partial charge in [0.2, 0.25) is 0 Å². The summed E-state index contributed by atoms with van der Waals surface area (Å²) in [5.41, 5.74) is 7.15. The van der Waals surface area contributed by atoms with Crippen LogP contribution in [0.3, 0.4) is 0 Å². The minimum atomic E-state index is -0.394. The summed E-state index contributed by atoms with van der Waals surface area (Å²) in [4.78, 5) is 4.09. The summed E-state index contributed by atoms with van der Waals surface area (Å²) in [6, 6.07) is 8.04. The largest absolute Gasteiger partial charge is 0.496 e. The molecule has 1 atom stereocenters. The van der Waals surface area contributed by atoms with Crippen LogP contribution in [0, 0.1) is 5.82 Å². The molecule has 0 aliphatic rings. The van der Waals surface area contributed by atoms with Crippen molar-refractivity contribution >= 4 is 5.82 Å². The topological polar surface area (TPSA) is 60.2 Å². The fourth-order valence-corrected chi connectivity index (χ4v) is 2.31. The van der Waals surface area contributed by atoms with Crippen LogP contribution in [0.1, 0.15) is 30.5 Å². The van der Waals surface area contributed by atoms with Crippen LogP contribution in [-0.4, -0.2) is 18.6 Å². The molecule has 0 saturated carbocycles. The Morgan fingerprint density at radius 2 is 2.14 bits per heavy atom. The van der Waals surface area contributed by atoms with Gasteiger partial charge in [-0.15, -0.1) is 0 Å². The van der Waals surface area contributed by atoms with E-state index in [1.54, 1.807) is 24.4 Å². The molecular formula is C16H20FN3O. The Morgan fingerprint density at radius 3 is 2.81 bits per heavy atom. The summed E-state index contributed by atoms with van der Waals surface area (Å²) in [6.07, 6.45) is 2.54. The van der Waals surface area contributed by atoms with Crippen molar-refractivity contribution in [3.63, 3.8) is 0 Å². The molecule has 4 nitrogen and oxygen atoms in total. The average molecular weight is 289 g/mol. The van der Waals surface area contributed by atoms with Gasteiger partial charge < -0.3 is 15.8 Å². The second-order valence-electron chi connectivity index (χ2n) is 4.72. The monoisotopic (exact) mass is 289 g/mol. The smallest absolute Gasteiger partial charge is 0.132 e. The quantitative estimate of drug-likeness (QED) is 0.858. The SMILES string of the molecule is CCCNC(c1cccnc1N)c1c(F)cccc1OC. The van der Waals surface area contributed by atoms with Crippen LogP contribution in [0.15, 0.2) is 36.5 Å². The Morgan fingerprint density at radius 1 is 1.33 bits per heavy atom. The van der Waals surface area contributed by atoms with E-state index in [0.717, 1.165) is 18.5 Å². The average Bonchev–Trinajstić information content (AvgIpc) is 2.50. The first-order valence-electron chi connectivity index (χ1n) is 6.95. The summed E-state index contributed by atoms with van der Waals surface area (Å²) in [5, 5.41) is 3.32. The number of rotatable bonds is 6. The van der Waals surface area contributed by atoms with Crippen LogP contribution in [0.4, 0.5) is 10.2 Å². The number of nitrogens with two attached hydrogens (primary N) is 1. The first-order valence-corrected chi connectivity index (χ1v) is 6.95. The Bertz CT molecular complexity index is 604. The molecule has 1 unspecified atom stereocenters. The van der Waals surface area contributed by atoms with Crippen LogP contribution in [0.5, 0.6) is 5.75 Å². The van der Waals surface area contributed by atoms with Crippen LogP contribution in [-0.2, 0) is 0 Å². The summed E-state index contributed by atoms with van der Waals surface area (Å²) in [5.74, 6) is 0.550. The molecule has 2 aromatic rings. The maximum absolute atomic E-state index is 14.4. The molecule has 0 aliphatic heterocycles. The van der Waals surface area contributed by atoms with Crippen molar-refractivity contribution in [2.75, 3.05) is 19.4 Å². The number of hydrogen-bond donors (Lipinski definition) is 2. The van der Waals surface area contributed by atoms with Crippen molar-refractivity contribution in [1.29, 1.82) is 0 Å². The Hall–Kier alpha value is -2.14. The van der Waals surface area contributed by atoms with Crippen molar-refractivity contribution < 1.29 is 9.13 Å². The van der Waals surface area contributed by atoms with Gasteiger partial charge in [-0.1, -0.05) is 19.1 Å². The van der Waals surface area contributed by atoms with Crippen LogP contribution < -0.4 is 15.8 Å². The highest BCUT2D eigenvalue weighted by atomic mass is 19.1. The number of anilines is 1. The number of halogens is 1. The van der Waals surface area contributed by atoms with Crippen molar-refractivity contribution in [1.82, 2.24) is 10.3 Å². The second-order valence-corrected chi connectivity index (χ2v) is 4.72. The number of methoxy groups -OCH3 is 1. The number of pyridine rings is 1. The normalized spacial score (nSPS) is 12.1. The van der Waals surface area contributed by atoms with Crippen molar-refractivity contribution in [2.45, 2.75) is 19.4 Å². The molecule has 1 heterocycles. The van der Waals surface area contributed by atoms with Gasteiger partial charge in [-0.3, -0.25) is 0 Å². The lowest BCUT2D eigenvalue weighted by atomic mass is 9.97. The Balaban J connectivity index is 2.53. The fraction of sp³-hybridized carbons (Fsp3) is 0.312. The lowest BCUT2D eigenvalue weighted by Gasteiger charge is -2.23. The van der Waals surface area contributed by atoms with E-state index < -0.39 is 6.04 Å². The summed E-state index contributed by atoms with van der Waals surface area (Å²) < 4.78 is 19.7. The van der Waals surface area contributed by atoms with Crippen molar-refractivity contribution in [3.8, 4) is 5.75 Å². The summed E-state index contributed by atoms with van der Waals surface area (Å²) >= 11 is 0. The van der Waals surface area contributed by atoms with Crippen LogP contribution in [0.2, 0.25) is 0 Å². The molecule has 2 rings (SSSR count). The zero-order valence-electron chi connectivity index (χ0n) is 12.3. The van der Waals surface area contributed by atoms with E-state index >= 15 is 0 Å². The third-order valence-corrected chi connectivity index (χ3v) is 3.30. The van der Waals surface area contributed by atoms with Crippen LogP contribution >= 0.6 is 0 Å². The minimum absolute atomic E-state index is 0.328. The van der Waals surface area contributed by atoms with Crippen LogP contribution in [0.25, 0.3) is 0 Å². The maximum atomic E-state index is 14.4.